The number of carbonyl (C=O) groups excluding carboxylic acids is 3. The maximum absolute atomic E-state index is 13.8. The molecule has 2 atom stereocenters. The molecule has 0 aliphatic rings. The van der Waals surface area contributed by atoms with Crippen molar-refractivity contribution in [3.63, 3.8) is 0 Å². The van der Waals surface area contributed by atoms with E-state index in [9.17, 15) is 51.2 Å². The first-order valence-corrected chi connectivity index (χ1v) is 21.4. The maximum atomic E-state index is 13.8. The Balaban J connectivity index is 1.57. The van der Waals surface area contributed by atoms with Crippen LogP contribution in [0.15, 0.2) is 58.6 Å². The normalized spacial score (nSPS) is 13.3. The van der Waals surface area contributed by atoms with Gasteiger partial charge < -0.3 is 54.3 Å². The molecule has 59 heavy (non-hydrogen) atoms. The number of anilines is 1. The van der Waals surface area contributed by atoms with Crippen LogP contribution in [-0.2, 0) is 37.4 Å². The van der Waals surface area contributed by atoms with Gasteiger partial charge in [-0.15, -0.1) is 0 Å². The first-order valence-electron chi connectivity index (χ1n) is 18.2. The zero-order valence-electron chi connectivity index (χ0n) is 33.3. The van der Waals surface area contributed by atoms with Gasteiger partial charge in [0.25, 0.3) is 5.91 Å². The summed E-state index contributed by atoms with van der Waals surface area (Å²) in [5.74, 6) is -3.83. The number of hydrogen-bond acceptors (Lipinski definition) is 13. The third-order valence-corrected chi connectivity index (χ3v) is 11.1. The van der Waals surface area contributed by atoms with E-state index >= 15 is 0 Å². The van der Waals surface area contributed by atoms with Crippen molar-refractivity contribution in [2.45, 2.75) is 83.6 Å². The van der Waals surface area contributed by atoms with Crippen LogP contribution in [0.1, 0.15) is 59.8 Å². The molecule has 0 unspecified atom stereocenters. The lowest BCUT2D eigenvalue weighted by Gasteiger charge is -2.27. The summed E-state index contributed by atoms with van der Waals surface area (Å²) in [6.45, 7) is 9.31. The van der Waals surface area contributed by atoms with Gasteiger partial charge in [-0.25, -0.2) is 18.2 Å². The fraction of sp³-hybridized carbons (Fsp3) is 0.405. The number of carboxylic acids is 1. The number of sulfonamides is 1. The monoisotopic (exact) mass is 862 g/mol. The minimum Gasteiger partial charge on any atom is -0.480 e. The number of aromatic amines is 1. The number of hydrogen-bond donors (Lipinski definition) is 10. The Morgan fingerprint density at radius 3 is 2.25 bits per heavy atom. The van der Waals surface area contributed by atoms with Crippen molar-refractivity contribution < 1.29 is 51.1 Å². The summed E-state index contributed by atoms with van der Waals surface area (Å²) in [4.78, 5) is 71.9. The molecule has 0 spiro atoms. The smallest absolute Gasteiger partial charge is 0.408 e. The Bertz CT molecular complexity index is 2330. The van der Waals surface area contributed by atoms with Crippen LogP contribution < -0.4 is 31.4 Å². The lowest BCUT2D eigenvalue weighted by atomic mass is 10.1. The fourth-order valence-electron chi connectivity index (χ4n) is 6.19. The maximum Gasteiger partial charge on any atom is 0.408 e. The van der Waals surface area contributed by atoms with Crippen LogP contribution in [0, 0.1) is 20.8 Å². The van der Waals surface area contributed by atoms with Crippen molar-refractivity contribution >= 4 is 61.6 Å². The molecule has 4 rings (SSSR count). The number of benzene rings is 2. The summed E-state index contributed by atoms with van der Waals surface area (Å²) in [5.41, 5.74) is 0.736. The quantitative estimate of drug-likeness (QED) is 0.0644. The van der Waals surface area contributed by atoms with Gasteiger partial charge in [-0.1, -0.05) is 23.8 Å². The highest BCUT2D eigenvalue weighted by Gasteiger charge is 2.31. The molecule has 20 nitrogen and oxygen atoms in total. The van der Waals surface area contributed by atoms with Gasteiger partial charge in [0.1, 0.15) is 23.2 Å². The first-order chi connectivity index (χ1) is 27.4. The lowest BCUT2D eigenvalue weighted by Crippen LogP contribution is -2.51. The third kappa shape index (κ3) is 13.2. The van der Waals surface area contributed by atoms with E-state index in [1.807, 2.05) is 0 Å². The average molecular weight is 863 g/mol. The SMILES string of the molecule is Cc1cc(C)c(S(=O)(=O)N[C@@H](CNC(=O)c2cn(CCCNC(=O)[C@H](CS(O)(O)O)NC(=O)OC(C)(C)C)c3cc(CNc4ncc[nH]4)ccc3c2=O)C(=O)O)c(C)c1. The molecule has 10 N–H and O–H groups in total. The van der Waals surface area contributed by atoms with E-state index < -0.39 is 80.2 Å². The predicted octanol–water partition coefficient (Wildman–Crippen LogP) is 3.05. The molecule has 0 saturated heterocycles. The molecule has 0 saturated carbocycles. The van der Waals surface area contributed by atoms with Gasteiger partial charge in [0.2, 0.25) is 21.4 Å². The Morgan fingerprint density at radius 1 is 0.983 bits per heavy atom. The van der Waals surface area contributed by atoms with Gasteiger partial charge in [-0.2, -0.15) is 4.72 Å². The van der Waals surface area contributed by atoms with Crippen LogP contribution in [0.4, 0.5) is 10.7 Å². The Labute approximate surface area is 341 Å². The molecule has 2 aromatic carbocycles. The van der Waals surface area contributed by atoms with E-state index in [4.69, 9.17) is 4.74 Å². The van der Waals surface area contributed by atoms with Crippen molar-refractivity contribution in [1.29, 1.82) is 0 Å². The fourth-order valence-corrected chi connectivity index (χ4v) is 8.51. The molecule has 22 heteroatoms. The molecule has 4 aromatic rings. The van der Waals surface area contributed by atoms with Crippen LogP contribution in [0.25, 0.3) is 10.9 Å². The summed E-state index contributed by atoms with van der Waals surface area (Å²) < 4.78 is 64.4. The average Bonchev–Trinajstić information content (AvgIpc) is 3.63. The minimum absolute atomic E-state index is 0.0643. The second-order valence-corrected chi connectivity index (χ2v) is 18.0. The van der Waals surface area contributed by atoms with E-state index in [-0.39, 0.29) is 35.4 Å². The van der Waals surface area contributed by atoms with Crippen LogP contribution in [-0.4, -0.2) is 102 Å². The second-order valence-electron chi connectivity index (χ2n) is 14.8. The van der Waals surface area contributed by atoms with Gasteiger partial charge >= 0.3 is 12.1 Å². The molecule has 0 aliphatic carbocycles. The number of aromatic nitrogens is 3. The van der Waals surface area contributed by atoms with E-state index in [1.165, 1.54) is 12.3 Å². The van der Waals surface area contributed by atoms with Crippen molar-refractivity contribution in [2.75, 3.05) is 24.2 Å². The lowest BCUT2D eigenvalue weighted by molar-refractivity contribution is -0.138. The number of aliphatic carboxylic acids is 1. The predicted molar refractivity (Wildman–Crippen MR) is 220 cm³/mol. The minimum atomic E-state index is -4.36. The van der Waals surface area contributed by atoms with E-state index in [0.29, 0.717) is 29.1 Å². The van der Waals surface area contributed by atoms with Gasteiger partial charge in [-0.3, -0.25) is 19.2 Å². The van der Waals surface area contributed by atoms with E-state index in [0.717, 1.165) is 11.1 Å². The number of carbonyl (C=O) groups is 4. The molecular weight excluding hydrogens is 813 g/mol. The molecule has 0 bridgehead atoms. The Hall–Kier alpha value is -5.52. The van der Waals surface area contributed by atoms with E-state index in [1.54, 1.807) is 82.8 Å². The van der Waals surface area contributed by atoms with Gasteiger partial charge in [0.05, 0.1) is 27.0 Å². The highest BCUT2D eigenvalue weighted by atomic mass is 32.3. The van der Waals surface area contributed by atoms with Crippen molar-refractivity contribution in [3.8, 4) is 0 Å². The van der Waals surface area contributed by atoms with Gasteiger partial charge in [0.15, 0.2) is 5.95 Å². The number of amides is 3. The van der Waals surface area contributed by atoms with Crippen LogP contribution in [0.5, 0.6) is 0 Å². The number of rotatable bonds is 18. The molecule has 0 fully saturated rings. The largest absolute Gasteiger partial charge is 0.480 e. The number of ether oxygens (including phenoxy) is 1. The van der Waals surface area contributed by atoms with Gasteiger partial charge in [0, 0.05) is 50.2 Å². The van der Waals surface area contributed by atoms with E-state index in [2.05, 4.69) is 36.0 Å². The van der Waals surface area contributed by atoms with Crippen LogP contribution in [0.2, 0.25) is 0 Å². The number of imidazole rings is 1. The van der Waals surface area contributed by atoms with Crippen LogP contribution in [0.3, 0.4) is 0 Å². The number of H-pyrrole nitrogens is 1. The molecule has 3 amide bonds. The number of nitrogens with zero attached hydrogens (tertiary/aromatic N) is 2. The summed E-state index contributed by atoms with van der Waals surface area (Å²) in [7, 11) is -8.58. The summed E-state index contributed by atoms with van der Waals surface area (Å²) >= 11 is 0. The van der Waals surface area contributed by atoms with Gasteiger partial charge in [-0.05, 0) is 76.8 Å². The first kappa shape index (κ1) is 46.2. The summed E-state index contributed by atoms with van der Waals surface area (Å²) in [6, 6.07) is 4.80. The topological polar surface area (TPSA) is 303 Å². The van der Waals surface area contributed by atoms with Crippen molar-refractivity contribution in [1.82, 2.24) is 35.2 Å². The molecule has 2 heterocycles. The van der Waals surface area contributed by atoms with Crippen molar-refractivity contribution in [2.24, 2.45) is 0 Å². The Kier molecular flexibility index (Phi) is 14.9. The molecule has 2 aromatic heterocycles. The number of pyridine rings is 1. The van der Waals surface area contributed by atoms with Crippen molar-refractivity contribution in [3.05, 3.63) is 87.0 Å². The third-order valence-electron chi connectivity index (χ3n) is 8.56. The standard InChI is InChI=1S/C37H50N8O12S2/c1-21-14-22(2)31(23(3)15-21)59(55,56)44-27(34(49)50)18-41-32(47)26-19-45(29-16-24(8-9-25(29)30(26)46)17-42-35-39-11-12-40-35)13-7-10-38-33(48)28(20-58(52,53)54)43-36(51)57-37(4,5)6/h8-9,11-12,14-16,19,27-28,44,52-54H,7,10,13,17-18,20H2,1-6H3,(H,38,48)(H,41,47)(H,43,51)(H,49,50)(H2,39,40,42)/t27-,28-/m0/s1. The number of fused-ring (bicyclic) bond motifs is 1. The van der Waals surface area contributed by atoms with Crippen LogP contribution >= 0.6 is 10.9 Å². The zero-order chi connectivity index (χ0) is 43.9. The number of carboxylic acid groups (broad SMARTS) is 1. The number of aryl methyl sites for hydroxylation is 4. The second kappa shape index (κ2) is 19.0. The molecule has 322 valence electrons. The molecular formula is C37H50N8O12S2. The molecule has 0 radical (unpaired) electrons. The Morgan fingerprint density at radius 2 is 1.66 bits per heavy atom. The summed E-state index contributed by atoms with van der Waals surface area (Å²) in [6.07, 6.45) is 3.59. The zero-order valence-corrected chi connectivity index (χ0v) is 34.9. The summed E-state index contributed by atoms with van der Waals surface area (Å²) in [5, 5.41) is 20.3. The number of alkyl carbamates (subject to hydrolysis) is 1. The number of nitrogens with one attached hydrogen (secondary N) is 6. The molecule has 0 aliphatic heterocycles. The highest BCUT2D eigenvalue weighted by molar-refractivity contribution is 8.19. The highest BCUT2D eigenvalue weighted by Crippen LogP contribution is 2.33.